The van der Waals surface area contributed by atoms with Crippen molar-refractivity contribution in [1.29, 1.82) is 0 Å². The van der Waals surface area contributed by atoms with E-state index in [0.717, 1.165) is 12.8 Å². The second kappa shape index (κ2) is 9.87. The van der Waals surface area contributed by atoms with Gasteiger partial charge in [0.1, 0.15) is 5.75 Å². The summed E-state index contributed by atoms with van der Waals surface area (Å²) in [6.45, 7) is 1.24. The number of anilines is 1. The molecule has 1 heterocycles. The average Bonchev–Trinajstić information content (AvgIpc) is 3.39. The minimum Gasteiger partial charge on any atom is -0.496 e. The molecule has 3 aromatic carbocycles. The molecule has 3 aromatic rings. The summed E-state index contributed by atoms with van der Waals surface area (Å²) >= 11 is 6.10. The standard InChI is InChI=1S/C25H23ClN2O5S/c1-33-23-12-10-19(16-21(23)25(30)28-13-5-6-14-28)34(31,32)27-22-11-9-18(26)15-20(22)24(29)17-7-3-2-4-8-17/h2-4,7-12,15-16,27H,5-6,13-14H2,1H3. The van der Waals surface area contributed by atoms with E-state index in [1.807, 2.05) is 0 Å². The molecule has 0 aromatic heterocycles. The van der Waals surface area contributed by atoms with Crippen molar-refractivity contribution in [2.45, 2.75) is 17.7 Å². The lowest BCUT2D eigenvalue weighted by molar-refractivity contribution is 0.0789. The number of nitrogens with zero attached hydrogens (tertiary/aromatic N) is 1. The third kappa shape index (κ3) is 4.93. The van der Waals surface area contributed by atoms with Gasteiger partial charge in [0.2, 0.25) is 0 Å². The van der Waals surface area contributed by atoms with E-state index in [2.05, 4.69) is 4.72 Å². The number of likely N-dealkylation sites (tertiary alicyclic amines) is 1. The zero-order chi connectivity index (χ0) is 24.3. The zero-order valence-corrected chi connectivity index (χ0v) is 20.0. The number of ether oxygens (including phenoxy) is 1. The highest BCUT2D eigenvalue weighted by Gasteiger charge is 2.26. The van der Waals surface area contributed by atoms with Gasteiger partial charge in [-0.15, -0.1) is 0 Å². The van der Waals surface area contributed by atoms with Crippen molar-refractivity contribution >= 4 is 39.0 Å². The van der Waals surface area contributed by atoms with E-state index in [1.165, 1.54) is 43.5 Å². The van der Waals surface area contributed by atoms with Gasteiger partial charge in [0.15, 0.2) is 5.78 Å². The predicted molar refractivity (Wildman–Crippen MR) is 130 cm³/mol. The fourth-order valence-corrected chi connectivity index (χ4v) is 5.13. The molecule has 34 heavy (non-hydrogen) atoms. The van der Waals surface area contributed by atoms with Gasteiger partial charge in [-0.05, 0) is 49.2 Å². The van der Waals surface area contributed by atoms with E-state index in [0.29, 0.717) is 29.4 Å². The zero-order valence-electron chi connectivity index (χ0n) is 18.5. The monoisotopic (exact) mass is 498 g/mol. The van der Waals surface area contributed by atoms with Gasteiger partial charge in [-0.25, -0.2) is 8.42 Å². The van der Waals surface area contributed by atoms with E-state index >= 15 is 0 Å². The molecule has 1 aliphatic heterocycles. The Balaban J connectivity index is 1.70. The molecule has 0 bridgehead atoms. The van der Waals surface area contributed by atoms with Crippen LogP contribution in [0.3, 0.4) is 0 Å². The molecule has 1 N–H and O–H groups in total. The summed E-state index contributed by atoms with van der Waals surface area (Å²) in [7, 11) is -2.71. The smallest absolute Gasteiger partial charge is 0.261 e. The molecule has 0 atom stereocenters. The van der Waals surface area contributed by atoms with Gasteiger partial charge in [0, 0.05) is 29.2 Å². The van der Waals surface area contributed by atoms with Crippen LogP contribution in [-0.2, 0) is 10.0 Å². The van der Waals surface area contributed by atoms with Gasteiger partial charge in [0.25, 0.3) is 15.9 Å². The molecule has 1 fully saturated rings. The number of benzene rings is 3. The molecule has 0 saturated carbocycles. The molecule has 1 aliphatic rings. The molecule has 0 radical (unpaired) electrons. The number of carbonyl (C=O) groups excluding carboxylic acids is 2. The number of methoxy groups -OCH3 is 1. The molecule has 0 spiro atoms. The van der Waals surface area contributed by atoms with Crippen molar-refractivity contribution in [1.82, 2.24) is 4.90 Å². The van der Waals surface area contributed by atoms with Crippen molar-refractivity contribution in [3.05, 3.63) is 88.4 Å². The Bertz CT molecular complexity index is 1340. The quantitative estimate of drug-likeness (QED) is 0.480. The van der Waals surface area contributed by atoms with Crippen molar-refractivity contribution in [3.63, 3.8) is 0 Å². The van der Waals surface area contributed by atoms with Crippen LogP contribution in [0.1, 0.15) is 39.1 Å². The maximum absolute atomic E-state index is 13.3. The topological polar surface area (TPSA) is 92.8 Å². The van der Waals surface area contributed by atoms with Crippen LogP contribution < -0.4 is 9.46 Å². The molecule has 176 valence electrons. The average molecular weight is 499 g/mol. The van der Waals surface area contributed by atoms with E-state index in [1.54, 1.807) is 35.2 Å². The van der Waals surface area contributed by atoms with E-state index < -0.39 is 10.0 Å². The first kappa shape index (κ1) is 23.8. The minimum atomic E-state index is -4.14. The van der Waals surface area contributed by atoms with Gasteiger partial charge >= 0.3 is 0 Å². The molecule has 0 aliphatic carbocycles. The number of nitrogens with one attached hydrogen (secondary N) is 1. The number of halogens is 1. The van der Waals surface area contributed by atoms with Gasteiger partial charge in [0.05, 0.1) is 23.3 Å². The Morgan fingerprint density at radius 3 is 2.32 bits per heavy atom. The van der Waals surface area contributed by atoms with E-state index in [9.17, 15) is 18.0 Å². The first-order chi connectivity index (χ1) is 16.3. The Morgan fingerprint density at radius 1 is 0.941 bits per heavy atom. The molecular formula is C25H23ClN2O5S. The largest absolute Gasteiger partial charge is 0.496 e. The number of hydrogen-bond donors (Lipinski definition) is 1. The summed E-state index contributed by atoms with van der Waals surface area (Å²) in [6, 6.07) is 17.0. The summed E-state index contributed by atoms with van der Waals surface area (Å²) in [6.07, 6.45) is 1.81. The summed E-state index contributed by atoms with van der Waals surface area (Å²) in [5.74, 6) is -0.361. The summed E-state index contributed by atoms with van der Waals surface area (Å²) in [5.41, 5.74) is 0.766. The Hall–Kier alpha value is -3.36. The fourth-order valence-electron chi connectivity index (χ4n) is 3.85. The lowest BCUT2D eigenvalue weighted by Crippen LogP contribution is -2.28. The third-order valence-electron chi connectivity index (χ3n) is 5.61. The second-order valence-corrected chi connectivity index (χ2v) is 9.97. The van der Waals surface area contributed by atoms with Crippen LogP contribution in [0.5, 0.6) is 5.75 Å². The van der Waals surface area contributed by atoms with Crippen molar-refractivity contribution < 1.29 is 22.7 Å². The number of rotatable bonds is 7. The maximum Gasteiger partial charge on any atom is 0.261 e. The van der Waals surface area contributed by atoms with Gasteiger partial charge < -0.3 is 9.64 Å². The highest BCUT2D eigenvalue weighted by Crippen LogP contribution is 2.29. The summed E-state index contributed by atoms with van der Waals surface area (Å²) in [5, 5.41) is 0.296. The van der Waals surface area contributed by atoms with Gasteiger partial charge in [-0.2, -0.15) is 0 Å². The first-order valence-corrected chi connectivity index (χ1v) is 12.6. The Kier molecular flexibility index (Phi) is 6.90. The number of ketones is 1. The molecule has 4 rings (SSSR count). The third-order valence-corrected chi connectivity index (χ3v) is 7.21. The maximum atomic E-state index is 13.3. The first-order valence-electron chi connectivity index (χ1n) is 10.7. The molecular weight excluding hydrogens is 476 g/mol. The van der Waals surface area contributed by atoms with Gasteiger partial charge in [-0.3, -0.25) is 14.3 Å². The highest BCUT2D eigenvalue weighted by atomic mass is 35.5. The normalized spacial score (nSPS) is 13.5. The predicted octanol–water partition coefficient (Wildman–Crippen LogP) is 4.62. The lowest BCUT2D eigenvalue weighted by atomic mass is 10.0. The second-order valence-electron chi connectivity index (χ2n) is 7.85. The highest BCUT2D eigenvalue weighted by molar-refractivity contribution is 7.92. The number of carbonyl (C=O) groups is 2. The Labute approximate surface area is 203 Å². The van der Waals surface area contributed by atoms with E-state index in [-0.39, 0.29) is 33.4 Å². The van der Waals surface area contributed by atoms with Crippen LogP contribution in [0, 0.1) is 0 Å². The van der Waals surface area contributed by atoms with Crippen LogP contribution in [-0.4, -0.2) is 45.2 Å². The van der Waals surface area contributed by atoms with E-state index in [4.69, 9.17) is 16.3 Å². The van der Waals surface area contributed by atoms with Crippen LogP contribution in [0.2, 0.25) is 5.02 Å². The van der Waals surface area contributed by atoms with Crippen LogP contribution >= 0.6 is 11.6 Å². The number of sulfonamides is 1. The molecule has 7 nitrogen and oxygen atoms in total. The summed E-state index contributed by atoms with van der Waals surface area (Å²) in [4.78, 5) is 27.6. The lowest BCUT2D eigenvalue weighted by Gasteiger charge is -2.18. The number of amides is 1. The number of hydrogen-bond acceptors (Lipinski definition) is 5. The van der Waals surface area contributed by atoms with Crippen molar-refractivity contribution in [2.24, 2.45) is 0 Å². The Morgan fingerprint density at radius 2 is 1.65 bits per heavy atom. The fraction of sp³-hybridized carbons (Fsp3) is 0.200. The van der Waals surface area contributed by atoms with Gasteiger partial charge in [-0.1, -0.05) is 41.9 Å². The SMILES string of the molecule is COc1ccc(S(=O)(=O)Nc2ccc(Cl)cc2C(=O)c2ccccc2)cc1C(=O)N1CCCC1. The molecule has 9 heteroatoms. The molecule has 1 saturated heterocycles. The van der Waals surface area contributed by atoms with Crippen molar-refractivity contribution in [2.75, 3.05) is 24.9 Å². The minimum absolute atomic E-state index is 0.0847. The van der Waals surface area contributed by atoms with Crippen LogP contribution in [0.25, 0.3) is 0 Å². The molecule has 1 amide bonds. The van der Waals surface area contributed by atoms with Crippen molar-refractivity contribution in [3.8, 4) is 5.75 Å². The van der Waals surface area contributed by atoms with Crippen LogP contribution in [0.15, 0.2) is 71.6 Å². The molecule has 0 unspecified atom stereocenters. The summed E-state index contributed by atoms with van der Waals surface area (Å²) < 4.78 is 34.3. The van der Waals surface area contributed by atoms with Crippen LogP contribution in [0.4, 0.5) is 5.69 Å².